The highest BCUT2D eigenvalue weighted by Crippen LogP contribution is 2.32. The van der Waals surface area contributed by atoms with Crippen molar-refractivity contribution in [1.29, 1.82) is 0 Å². The van der Waals surface area contributed by atoms with Crippen molar-refractivity contribution in [3.63, 3.8) is 0 Å². The fourth-order valence-corrected chi connectivity index (χ4v) is 2.11. The SMILES string of the molecule is O=C(CC1CC1)Nc1cnc(N2CCOCC2)nc1. The monoisotopic (exact) mass is 262 g/mol. The lowest BCUT2D eigenvalue weighted by Crippen LogP contribution is -2.37. The third-order valence-electron chi connectivity index (χ3n) is 3.39. The van der Waals surface area contributed by atoms with Gasteiger partial charge in [-0.05, 0) is 18.8 Å². The van der Waals surface area contributed by atoms with Crippen LogP contribution < -0.4 is 10.2 Å². The highest BCUT2D eigenvalue weighted by Gasteiger charge is 2.24. The van der Waals surface area contributed by atoms with Crippen LogP contribution in [0.15, 0.2) is 12.4 Å². The Morgan fingerprint density at radius 3 is 2.63 bits per heavy atom. The van der Waals surface area contributed by atoms with Crippen molar-refractivity contribution >= 4 is 17.5 Å². The molecule has 2 fully saturated rings. The van der Waals surface area contributed by atoms with Crippen LogP contribution in [0.5, 0.6) is 0 Å². The van der Waals surface area contributed by atoms with Crippen LogP contribution in [0.25, 0.3) is 0 Å². The van der Waals surface area contributed by atoms with Gasteiger partial charge in [0.25, 0.3) is 0 Å². The first-order chi connectivity index (χ1) is 9.31. The second kappa shape index (κ2) is 5.52. The number of aromatic nitrogens is 2. The summed E-state index contributed by atoms with van der Waals surface area (Å²) in [7, 11) is 0. The molecule has 102 valence electrons. The Labute approximate surface area is 112 Å². The second-order valence-corrected chi connectivity index (χ2v) is 5.07. The summed E-state index contributed by atoms with van der Waals surface area (Å²) in [6, 6.07) is 0. The number of anilines is 2. The molecule has 6 heteroatoms. The van der Waals surface area contributed by atoms with Crippen molar-refractivity contribution < 1.29 is 9.53 Å². The normalized spacial score (nSPS) is 19.3. The van der Waals surface area contributed by atoms with Gasteiger partial charge in [-0.15, -0.1) is 0 Å². The Morgan fingerprint density at radius 2 is 2.00 bits per heavy atom. The van der Waals surface area contributed by atoms with Crippen molar-refractivity contribution in [2.45, 2.75) is 19.3 Å². The van der Waals surface area contributed by atoms with E-state index in [-0.39, 0.29) is 5.91 Å². The molecule has 1 aliphatic heterocycles. The minimum atomic E-state index is 0.0604. The summed E-state index contributed by atoms with van der Waals surface area (Å²) < 4.78 is 5.29. The van der Waals surface area contributed by atoms with Crippen LogP contribution in [0.4, 0.5) is 11.6 Å². The molecule has 1 aromatic heterocycles. The van der Waals surface area contributed by atoms with E-state index in [1.165, 1.54) is 12.8 Å². The highest BCUT2D eigenvalue weighted by atomic mass is 16.5. The molecule has 0 atom stereocenters. The molecule has 6 nitrogen and oxygen atoms in total. The predicted octanol–water partition coefficient (Wildman–Crippen LogP) is 1.05. The first kappa shape index (κ1) is 12.3. The van der Waals surface area contributed by atoms with Gasteiger partial charge in [0, 0.05) is 19.5 Å². The third kappa shape index (κ3) is 3.41. The number of rotatable bonds is 4. The lowest BCUT2D eigenvalue weighted by Gasteiger charge is -2.26. The predicted molar refractivity (Wildman–Crippen MR) is 71.0 cm³/mol. The number of nitrogens with zero attached hydrogens (tertiary/aromatic N) is 3. The molecule has 1 amide bonds. The smallest absolute Gasteiger partial charge is 0.225 e. The van der Waals surface area contributed by atoms with Gasteiger partial charge in [0.1, 0.15) is 0 Å². The zero-order valence-electron chi connectivity index (χ0n) is 10.8. The van der Waals surface area contributed by atoms with Gasteiger partial charge >= 0.3 is 0 Å². The minimum Gasteiger partial charge on any atom is -0.378 e. The molecule has 0 bridgehead atoms. The summed E-state index contributed by atoms with van der Waals surface area (Å²) >= 11 is 0. The average Bonchev–Trinajstić information content (AvgIpc) is 3.24. The number of carbonyl (C=O) groups is 1. The van der Waals surface area contributed by atoms with Crippen LogP contribution in [0.3, 0.4) is 0 Å². The van der Waals surface area contributed by atoms with E-state index in [0.717, 1.165) is 13.1 Å². The summed E-state index contributed by atoms with van der Waals surface area (Å²) in [5, 5.41) is 2.84. The van der Waals surface area contributed by atoms with Crippen LogP contribution in [-0.2, 0) is 9.53 Å². The van der Waals surface area contributed by atoms with Gasteiger partial charge < -0.3 is 15.0 Å². The van der Waals surface area contributed by atoms with Gasteiger partial charge in [-0.2, -0.15) is 0 Å². The Morgan fingerprint density at radius 1 is 1.32 bits per heavy atom. The summed E-state index contributed by atoms with van der Waals surface area (Å²) in [4.78, 5) is 22.3. The summed E-state index contributed by atoms with van der Waals surface area (Å²) in [6.45, 7) is 3.05. The molecule has 0 spiro atoms. The quantitative estimate of drug-likeness (QED) is 0.878. The van der Waals surface area contributed by atoms with Crippen molar-refractivity contribution in [3.05, 3.63) is 12.4 Å². The molecular formula is C13H18N4O2. The number of nitrogens with one attached hydrogen (secondary N) is 1. The number of carbonyl (C=O) groups excluding carboxylic acids is 1. The van der Waals surface area contributed by atoms with Gasteiger partial charge in [-0.25, -0.2) is 9.97 Å². The van der Waals surface area contributed by atoms with Crippen LogP contribution in [0.1, 0.15) is 19.3 Å². The molecule has 1 aromatic rings. The Hall–Kier alpha value is -1.69. The minimum absolute atomic E-state index is 0.0604. The molecule has 1 aliphatic carbocycles. The van der Waals surface area contributed by atoms with Crippen molar-refractivity contribution in [2.75, 3.05) is 36.5 Å². The number of amides is 1. The van der Waals surface area contributed by atoms with Crippen molar-refractivity contribution in [1.82, 2.24) is 9.97 Å². The topological polar surface area (TPSA) is 67.4 Å². The number of ether oxygens (including phenoxy) is 1. The summed E-state index contributed by atoms with van der Waals surface area (Å²) in [6.07, 6.45) is 6.32. The molecule has 0 aromatic carbocycles. The fraction of sp³-hybridized carbons (Fsp3) is 0.615. The highest BCUT2D eigenvalue weighted by molar-refractivity contribution is 5.90. The number of hydrogen-bond acceptors (Lipinski definition) is 5. The molecule has 1 N–H and O–H groups in total. The van der Waals surface area contributed by atoms with E-state index in [1.807, 2.05) is 0 Å². The van der Waals surface area contributed by atoms with Crippen LogP contribution in [0, 0.1) is 5.92 Å². The van der Waals surface area contributed by atoms with E-state index in [1.54, 1.807) is 12.4 Å². The molecule has 1 saturated heterocycles. The maximum absolute atomic E-state index is 11.7. The van der Waals surface area contributed by atoms with Crippen molar-refractivity contribution in [2.24, 2.45) is 5.92 Å². The zero-order valence-corrected chi connectivity index (χ0v) is 10.8. The van der Waals surface area contributed by atoms with Gasteiger partial charge in [-0.3, -0.25) is 4.79 Å². The zero-order chi connectivity index (χ0) is 13.1. The molecule has 1 saturated carbocycles. The largest absolute Gasteiger partial charge is 0.378 e. The van der Waals surface area contributed by atoms with E-state index in [0.29, 0.717) is 37.2 Å². The van der Waals surface area contributed by atoms with E-state index < -0.39 is 0 Å². The molecule has 19 heavy (non-hydrogen) atoms. The third-order valence-corrected chi connectivity index (χ3v) is 3.39. The molecule has 0 radical (unpaired) electrons. The van der Waals surface area contributed by atoms with E-state index in [2.05, 4.69) is 20.2 Å². The van der Waals surface area contributed by atoms with Gasteiger partial charge in [0.2, 0.25) is 11.9 Å². The number of morpholine rings is 1. The Bertz CT molecular complexity index is 438. The van der Waals surface area contributed by atoms with Gasteiger partial charge in [-0.1, -0.05) is 0 Å². The van der Waals surface area contributed by atoms with Crippen LogP contribution >= 0.6 is 0 Å². The average molecular weight is 262 g/mol. The van der Waals surface area contributed by atoms with E-state index >= 15 is 0 Å². The standard InChI is InChI=1S/C13H18N4O2/c18-12(7-10-1-2-10)16-11-8-14-13(15-9-11)17-3-5-19-6-4-17/h8-10H,1-7H2,(H,16,18). The fourth-order valence-electron chi connectivity index (χ4n) is 2.11. The summed E-state index contributed by atoms with van der Waals surface area (Å²) in [5.74, 6) is 1.35. The molecular weight excluding hydrogens is 244 g/mol. The first-order valence-corrected chi connectivity index (χ1v) is 6.76. The Kier molecular flexibility index (Phi) is 3.59. The Balaban J connectivity index is 1.56. The number of hydrogen-bond donors (Lipinski definition) is 1. The van der Waals surface area contributed by atoms with E-state index in [9.17, 15) is 4.79 Å². The molecule has 3 rings (SSSR count). The van der Waals surface area contributed by atoms with Crippen LogP contribution in [0.2, 0.25) is 0 Å². The van der Waals surface area contributed by atoms with Crippen LogP contribution in [-0.4, -0.2) is 42.2 Å². The maximum atomic E-state index is 11.7. The van der Waals surface area contributed by atoms with Gasteiger partial charge in [0.05, 0.1) is 31.3 Å². The molecule has 2 aliphatic rings. The van der Waals surface area contributed by atoms with Crippen molar-refractivity contribution in [3.8, 4) is 0 Å². The first-order valence-electron chi connectivity index (χ1n) is 6.76. The maximum Gasteiger partial charge on any atom is 0.225 e. The molecule has 0 unspecified atom stereocenters. The van der Waals surface area contributed by atoms with E-state index in [4.69, 9.17) is 4.74 Å². The lowest BCUT2D eigenvalue weighted by molar-refractivity contribution is -0.116. The molecule has 2 heterocycles. The second-order valence-electron chi connectivity index (χ2n) is 5.07. The summed E-state index contributed by atoms with van der Waals surface area (Å²) in [5.41, 5.74) is 0.669. The van der Waals surface area contributed by atoms with Gasteiger partial charge in [0.15, 0.2) is 0 Å². The lowest BCUT2D eigenvalue weighted by atomic mass is 10.3.